The van der Waals surface area contributed by atoms with Crippen LogP contribution in [0.15, 0.2) is 18.2 Å². The lowest BCUT2D eigenvalue weighted by Gasteiger charge is -2.31. The Morgan fingerprint density at radius 3 is 2.80 bits per heavy atom. The molecule has 0 spiro atoms. The van der Waals surface area contributed by atoms with Gasteiger partial charge in [0.15, 0.2) is 0 Å². The van der Waals surface area contributed by atoms with E-state index in [1.54, 1.807) is 6.07 Å². The second kappa shape index (κ2) is 3.24. The molecule has 0 aromatic heterocycles. The molecular weight excluding hydrogens is 210 g/mol. The summed E-state index contributed by atoms with van der Waals surface area (Å²) in [6.07, 6.45) is 3.72. The van der Waals surface area contributed by atoms with Crippen LogP contribution in [0, 0.1) is 5.92 Å². The largest absolute Gasteiger partial charge is 0.345 e. The number of hydrogen-bond acceptors (Lipinski definition) is 1. The molecular formula is C12H12ClNO. The summed E-state index contributed by atoms with van der Waals surface area (Å²) in [6.45, 7) is 0. The zero-order chi connectivity index (χ0) is 10.4. The van der Waals surface area contributed by atoms with Crippen molar-refractivity contribution in [3.8, 4) is 0 Å². The molecule has 2 nitrogen and oxygen atoms in total. The third-order valence-electron chi connectivity index (χ3n) is 3.50. The molecule has 78 valence electrons. The molecule has 1 unspecified atom stereocenters. The van der Waals surface area contributed by atoms with Crippen LogP contribution in [0.3, 0.4) is 0 Å². The number of fused-ring (bicyclic) bond motifs is 1. The maximum Gasteiger partial charge on any atom is 0.252 e. The molecule has 1 amide bonds. The molecule has 1 heterocycles. The van der Waals surface area contributed by atoms with Crippen molar-refractivity contribution in [3.05, 3.63) is 34.3 Å². The van der Waals surface area contributed by atoms with Crippen LogP contribution in [0.5, 0.6) is 0 Å². The highest BCUT2D eigenvalue weighted by Crippen LogP contribution is 2.42. The minimum Gasteiger partial charge on any atom is -0.345 e. The standard InChI is InChI=1S/C12H12ClNO/c13-8-4-5-9-10(6-8)11(14-12(9)15)7-2-1-3-7/h4-7,11H,1-3H2,(H,14,15). The fourth-order valence-corrected chi connectivity index (χ4v) is 2.62. The second-order valence-electron chi connectivity index (χ2n) is 4.37. The van der Waals surface area contributed by atoms with Crippen LogP contribution >= 0.6 is 11.6 Å². The first-order valence-electron chi connectivity index (χ1n) is 5.36. The molecule has 1 fully saturated rings. The summed E-state index contributed by atoms with van der Waals surface area (Å²) < 4.78 is 0. The SMILES string of the molecule is O=C1NC(C2CCC2)c2cc(Cl)ccc21. The molecule has 1 saturated carbocycles. The van der Waals surface area contributed by atoms with Gasteiger partial charge in [0.2, 0.25) is 0 Å². The van der Waals surface area contributed by atoms with E-state index in [9.17, 15) is 4.79 Å². The summed E-state index contributed by atoms with van der Waals surface area (Å²) in [4.78, 5) is 11.7. The molecule has 15 heavy (non-hydrogen) atoms. The maximum atomic E-state index is 11.7. The van der Waals surface area contributed by atoms with Crippen molar-refractivity contribution in [3.63, 3.8) is 0 Å². The van der Waals surface area contributed by atoms with E-state index < -0.39 is 0 Å². The fraction of sp³-hybridized carbons (Fsp3) is 0.417. The van der Waals surface area contributed by atoms with Crippen LogP contribution in [-0.4, -0.2) is 5.91 Å². The van der Waals surface area contributed by atoms with E-state index in [2.05, 4.69) is 5.32 Å². The monoisotopic (exact) mass is 221 g/mol. The highest BCUT2D eigenvalue weighted by molar-refractivity contribution is 6.30. The van der Waals surface area contributed by atoms with Gasteiger partial charge in [-0.15, -0.1) is 0 Å². The summed E-state index contributed by atoms with van der Waals surface area (Å²) in [7, 11) is 0. The van der Waals surface area contributed by atoms with Gasteiger partial charge in [-0.3, -0.25) is 4.79 Å². The van der Waals surface area contributed by atoms with Crippen molar-refractivity contribution in [1.29, 1.82) is 0 Å². The molecule has 0 radical (unpaired) electrons. The first-order valence-corrected chi connectivity index (χ1v) is 5.74. The molecule has 1 atom stereocenters. The predicted molar refractivity (Wildman–Crippen MR) is 59.0 cm³/mol. The van der Waals surface area contributed by atoms with E-state index in [4.69, 9.17) is 11.6 Å². The average molecular weight is 222 g/mol. The van der Waals surface area contributed by atoms with E-state index in [0.717, 1.165) is 16.1 Å². The number of benzene rings is 1. The number of nitrogens with one attached hydrogen (secondary N) is 1. The van der Waals surface area contributed by atoms with Crippen molar-refractivity contribution >= 4 is 17.5 Å². The highest BCUT2D eigenvalue weighted by Gasteiger charge is 2.36. The molecule has 3 heteroatoms. The minimum absolute atomic E-state index is 0.0542. The Kier molecular flexibility index (Phi) is 1.99. The Morgan fingerprint density at radius 2 is 2.13 bits per heavy atom. The van der Waals surface area contributed by atoms with Crippen molar-refractivity contribution in [2.75, 3.05) is 0 Å². The first kappa shape index (κ1) is 9.22. The number of carbonyl (C=O) groups is 1. The highest BCUT2D eigenvalue weighted by atomic mass is 35.5. The Balaban J connectivity index is 2.03. The van der Waals surface area contributed by atoms with Crippen LogP contribution in [0.1, 0.15) is 41.2 Å². The van der Waals surface area contributed by atoms with E-state index in [-0.39, 0.29) is 11.9 Å². The molecule has 3 rings (SSSR count). The van der Waals surface area contributed by atoms with Crippen LogP contribution < -0.4 is 5.32 Å². The van der Waals surface area contributed by atoms with E-state index in [0.29, 0.717) is 5.92 Å². The van der Waals surface area contributed by atoms with Crippen LogP contribution in [0.2, 0.25) is 5.02 Å². The Hall–Kier alpha value is -1.02. The van der Waals surface area contributed by atoms with Crippen LogP contribution in [0.4, 0.5) is 0 Å². The normalized spacial score (nSPS) is 24.6. The van der Waals surface area contributed by atoms with E-state index in [1.165, 1.54) is 19.3 Å². The smallest absolute Gasteiger partial charge is 0.252 e. The van der Waals surface area contributed by atoms with E-state index in [1.807, 2.05) is 12.1 Å². The molecule has 1 aliphatic carbocycles. The average Bonchev–Trinajstić information content (AvgIpc) is 2.41. The van der Waals surface area contributed by atoms with Gasteiger partial charge in [-0.2, -0.15) is 0 Å². The second-order valence-corrected chi connectivity index (χ2v) is 4.81. The summed E-state index contributed by atoms with van der Waals surface area (Å²) in [6, 6.07) is 5.74. The lowest BCUT2D eigenvalue weighted by atomic mass is 9.77. The quantitative estimate of drug-likeness (QED) is 0.776. The molecule has 0 saturated heterocycles. The van der Waals surface area contributed by atoms with Gasteiger partial charge in [-0.05, 0) is 42.5 Å². The summed E-state index contributed by atoms with van der Waals surface area (Å²) in [5, 5.41) is 3.77. The third kappa shape index (κ3) is 1.36. The molecule has 1 aromatic carbocycles. The number of carbonyl (C=O) groups excluding carboxylic acids is 1. The van der Waals surface area contributed by atoms with Crippen molar-refractivity contribution < 1.29 is 4.79 Å². The van der Waals surface area contributed by atoms with Gasteiger partial charge in [-0.1, -0.05) is 18.0 Å². The van der Waals surface area contributed by atoms with Gasteiger partial charge < -0.3 is 5.32 Å². The topological polar surface area (TPSA) is 29.1 Å². The predicted octanol–water partition coefficient (Wildman–Crippen LogP) is 2.92. The molecule has 1 aliphatic heterocycles. The third-order valence-corrected chi connectivity index (χ3v) is 3.74. The van der Waals surface area contributed by atoms with Gasteiger partial charge >= 0.3 is 0 Å². The molecule has 2 aliphatic rings. The lowest BCUT2D eigenvalue weighted by molar-refractivity contribution is 0.0932. The molecule has 0 bridgehead atoms. The Bertz CT molecular complexity index is 426. The first-order chi connectivity index (χ1) is 7.25. The van der Waals surface area contributed by atoms with Crippen molar-refractivity contribution in [2.45, 2.75) is 25.3 Å². The zero-order valence-corrected chi connectivity index (χ0v) is 9.05. The summed E-state index contributed by atoms with van der Waals surface area (Å²) in [5.41, 5.74) is 1.90. The lowest BCUT2D eigenvalue weighted by Crippen LogP contribution is -2.29. The molecule has 1 aromatic rings. The number of amides is 1. The maximum absolute atomic E-state index is 11.7. The van der Waals surface area contributed by atoms with Crippen molar-refractivity contribution in [1.82, 2.24) is 5.32 Å². The zero-order valence-electron chi connectivity index (χ0n) is 8.29. The van der Waals surface area contributed by atoms with Gasteiger partial charge in [0.05, 0.1) is 6.04 Å². The fourth-order valence-electron chi connectivity index (χ4n) is 2.44. The summed E-state index contributed by atoms with van der Waals surface area (Å²) in [5.74, 6) is 0.673. The van der Waals surface area contributed by atoms with Crippen LogP contribution in [0.25, 0.3) is 0 Å². The number of hydrogen-bond donors (Lipinski definition) is 1. The number of halogens is 1. The van der Waals surface area contributed by atoms with Gasteiger partial charge in [0, 0.05) is 10.6 Å². The van der Waals surface area contributed by atoms with Crippen molar-refractivity contribution in [2.24, 2.45) is 5.92 Å². The minimum atomic E-state index is 0.0542. The van der Waals surface area contributed by atoms with Gasteiger partial charge in [0.25, 0.3) is 5.91 Å². The van der Waals surface area contributed by atoms with Gasteiger partial charge in [-0.25, -0.2) is 0 Å². The summed E-state index contributed by atoms with van der Waals surface area (Å²) >= 11 is 5.96. The number of rotatable bonds is 1. The Labute approximate surface area is 93.6 Å². The molecule has 1 N–H and O–H groups in total. The van der Waals surface area contributed by atoms with Gasteiger partial charge in [0.1, 0.15) is 0 Å². The van der Waals surface area contributed by atoms with E-state index >= 15 is 0 Å². The Morgan fingerprint density at radius 1 is 1.33 bits per heavy atom. The van der Waals surface area contributed by atoms with Crippen LogP contribution in [-0.2, 0) is 0 Å².